The molecule has 1 aliphatic heterocycles. The Morgan fingerprint density at radius 2 is 1.76 bits per heavy atom. The summed E-state index contributed by atoms with van der Waals surface area (Å²) in [7, 11) is 1.61. The van der Waals surface area contributed by atoms with Gasteiger partial charge >= 0.3 is 0 Å². The van der Waals surface area contributed by atoms with Crippen molar-refractivity contribution in [3.05, 3.63) is 60.2 Å². The summed E-state index contributed by atoms with van der Waals surface area (Å²) in [6, 6.07) is 17.9. The number of piperidine rings is 1. The summed E-state index contributed by atoms with van der Waals surface area (Å²) >= 11 is 0. The molecule has 0 saturated carbocycles. The highest BCUT2D eigenvalue weighted by Gasteiger charge is 2.23. The number of nitrogens with zero attached hydrogens (tertiary/aromatic N) is 1. The zero-order chi connectivity index (χ0) is 17.5. The Balaban J connectivity index is 1.43. The number of hydrogen-bond acceptors (Lipinski definition) is 3. The van der Waals surface area contributed by atoms with Gasteiger partial charge in [0, 0.05) is 19.2 Å². The molecule has 0 unspecified atom stereocenters. The van der Waals surface area contributed by atoms with Crippen LogP contribution in [0.5, 0.6) is 11.5 Å². The lowest BCUT2D eigenvalue weighted by Crippen LogP contribution is -2.41. The van der Waals surface area contributed by atoms with Gasteiger partial charge in [-0.1, -0.05) is 36.4 Å². The minimum Gasteiger partial charge on any atom is -0.497 e. The van der Waals surface area contributed by atoms with Crippen molar-refractivity contribution < 1.29 is 14.3 Å². The van der Waals surface area contributed by atoms with Crippen LogP contribution in [0.25, 0.3) is 0 Å². The van der Waals surface area contributed by atoms with Gasteiger partial charge in [0.1, 0.15) is 11.5 Å². The number of ether oxygens (including phenoxy) is 2. The Bertz CT molecular complexity index is 679. The van der Waals surface area contributed by atoms with Crippen LogP contribution in [0.2, 0.25) is 0 Å². The molecule has 2 aromatic rings. The van der Waals surface area contributed by atoms with Gasteiger partial charge in [0.05, 0.1) is 7.11 Å². The van der Waals surface area contributed by atoms with Gasteiger partial charge in [0.2, 0.25) is 0 Å². The number of rotatable bonds is 6. The normalized spacial score (nSPS) is 15.0. The van der Waals surface area contributed by atoms with Gasteiger partial charge in [-0.05, 0) is 42.9 Å². The molecule has 1 amide bonds. The summed E-state index contributed by atoms with van der Waals surface area (Å²) in [6.45, 7) is 1.71. The van der Waals surface area contributed by atoms with Crippen molar-refractivity contribution >= 4 is 5.91 Å². The Morgan fingerprint density at radius 3 is 2.48 bits per heavy atom. The van der Waals surface area contributed by atoms with E-state index in [4.69, 9.17) is 9.47 Å². The topological polar surface area (TPSA) is 38.8 Å². The summed E-state index contributed by atoms with van der Waals surface area (Å²) < 4.78 is 10.8. The molecule has 0 bridgehead atoms. The van der Waals surface area contributed by atoms with E-state index in [-0.39, 0.29) is 12.5 Å². The smallest absolute Gasteiger partial charge is 0.260 e. The van der Waals surface area contributed by atoms with E-state index in [2.05, 4.69) is 24.3 Å². The molecule has 0 spiro atoms. The second-order valence-corrected chi connectivity index (χ2v) is 6.48. The summed E-state index contributed by atoms with van der Waals surface area (Å²) in [4.78, 5) is 14.3. The number of benzene rings is 2. The number of carbonyl (C=O) groups excluding carboxylic acids is 1. The zero-order valence-corrected chi connectivity index (χ0v) is 14.7. The lowest BCUT2D eigenvalue weighted by Gasteiger charge is -2.32. The van der Waals surface area contributed by atoms with Crippen LogP contribution in [0.3, 0.4) is 0 Å². The maximum absolute atomic E-state index is 12.4. The van der Waals surface area contributed by atoms with E-state index >= 15 is 0 Å². The van der Waals surface area contributed by atoms with Crippen LogP contribution >= 0.6 is 0 Å². The highest BCUT2D eigenvalue weighted by Crippen LogP contribution is 2.22. The number of methoxy groups -OCH3 is 1. The molecule has 4 heteroatoms. The molecule has 1 fully saturated rings. The Kier molecular flexibility index (Phi) is 5.94. The Labute approximate surface area is 149 Å². The van der Waals surface area contributed by atoms with Crippen LogP contribution in [0, 0.1) is 5.92 Å². The first-order valence-electron chi connectivity index (χ1n) is 8.83. The number of likely N-dealkylation sites (tertiary alicyclic amines) is 1. The van der Waals surface area contributed by atoms with Gasteiger partial charge in [-0.25, -0.2) is 0 Å². The maximum atomic E-state index is 12.4. The van der Waals surface area contributed by atoms with Crippen LogP contribution in [0.1, 0.15) is 18.4 Å². The molecule has 0 radical (unpaired) electrons. The third kappa shape index (κ3) is 4.99. The molecule has 132 valence electrons. The van der Waals surface area contributed by atoms with Crippen molar-refractivity contribution in [1.29, 1.82) is 0 Å². The average Bonchev–Trinajstić information content (AvgIpc) is 2.67. The fourth-order valence-corrected chi connectivity index (χ4v) is 3.26. The maximum Gasteiger partial charge on any atom is 0.260 e. The Morgan fingerprint density at radius 1 is 1.04 bits per heavy atom. The molecule has 1 saturated heterocycles. The van der Waals surface area contributed by atoms with E-state index < -0.39 is 0 Å². The van der Waals surface area contributed by atoms with E-state index in [1.165, 1.54) is 5.56 Å². The molecular formula is C21H25NO3. The lowest BCUT2D eigenvalue weighted by molar-refractivity contribution is -0.134. The van der Waals surface area contributed by atoms with Crippen molar-refractivity contribution in [3.8, 4) is 11.5 Å². The minimum atomic E-state index is 0.0565. The van der Waals surface area contributed by atoms with E-state index in [0.717, 1.165) is 38.1 Å². The number of carbonyl (C=O) groups is 1. The number of hydrogen-bond donors (Lipinski definition) is 0. The van der Waals surface area contributed by atoms with Crippen molar-refractivity contribution in [3.63, 3.8) is 0 Å². The van der Waals surface area contributed by atoms with Crippen LogP contribution < -0.4 is 9.47 Å². The minimum absolute atomic E-state index is 0.0565. The van der Waals surface area contributed by atoms with Crippen LogP contribution in [0.4, 0.5) is 0 Å². The first-order chi connectivity index (χ1) is 12.2. The molecule has 4 nitrogen and oxygen atoms in total. The van der Waals surface area contributed by atoms with Crippen LogP contribution in [0.15, 0.2) is 54.6 Å². The highest BCUT2D eigenvalue weighted by molar-refractivity contribution is 5.77. The molecule has 0 atom stereocenters. The molecule has 0 aliphatic carbocycles. The van der Waals surface area contributed by atoms with Gasteiger partial charge in [0.25, 0.3) is 5.91 Å². The number of amides is 1. The SMILES string of the molecule is COc1cccc(OCC(=O)N2CCC(Cc3ccccc3)CC2)c1. The molecule has 3 rings (SSSR count). The highest BCUT2D eigenvalue weighted by atomic mass is 16.5. The van der Waals surface area contributed by atoms with Gasteiger partial charge in [-0.3, -0.25) is 4.79 Å². The largest absolute Gasteiger partial charge is 0.497 e. The monoisotopic (exact) mass is 339 g/mol. The van der Waals surface area contributed by atoms with Crippen LogP contribution in [-0.2, 0) is 11.2 Å². The van der Waals surface area contributed by atoms with Crippen molar-refractivity contribution in [2.24, 2.45) is 5.92 Å². The molecule has 25 heavy (non-hydrogen) atoms. The summed E-state index contributed by atoms with van der Waals surface area (Å²) in [6.07, 6.45) is 3.21. The van der Waals surface area contributed by atoms with E-state index in [1.54, 1.807) is 13.2 Å². The van der Waals surface area contributed by atoms with Crippen molar-refractivity contribution in [1.82, 2.24) is 4.90 Å². The average molecular weight is 339 g/mol. The first kappa shape index (κ1) is 17.3. The molecule has 0 aromatic heterocycles. The molecular weight excluding hydrogens is 314 g/mol. The zero-order valence-electron chi connectivity index (χ0n) is 14.7. The molecule has 2 aromatic carbocycles. The van der Waals surface area contributed by atoms with Gasteiger partial charge < -0.3 is 14.4 Å². The third-order valence-electron chi connectivity index (χ3n) is 4.74. The fraction of sp³-hybridized carbons (Fsp3) is 0.381. The first-order valence-corrected chi connectivity index (χ1v) is 8.83. The van der Waals surface area contributed by atoms with E-state index in [0.29, 0.717) is 11.7 Å². The molecule has 1 aliphatic rings. The fourth-order valence-electron chi connectivity index (χ4n) is 3.26. The predicted octanol–water partition coefficient (Wildman–Crippen LogP) is 3.56. The van der Waals surface area contributed by atoms with Crippen molar-refractivity contribution in [2.75, 3.05) is 26.8 Å². The van der Waals surface area contributed by atoms with Crippen molar-refractivity contribution in [2.45, 2.75) is 19.3 Å². The summed E-state index contributed by atoms with van der Waals surface area (Å²) in [5.41, 5.74) is 1.38. The van der Waals surface area contributed by atoms with Gasteiger partial charge in [0.15, 0.2) is 6.61 Å². The second kappa shape index (κ2) is 8.56. The standard InChI is InChI=1S/C21H25NO3/c1-24-19-8-5-9-20(15-19)25-16-21(23)22-12-10-18(11-13-22)14-17-6-3-2-4-7-17/h2-9,15,18H,10-14,16H2,1H3. The second-order valence-electron chi connectivity index (χ2n) is 6.48. The quantitative estimate of drug-likeness (QED) is 0.808. The summed E-state index contributed by atoms with van der Waals surface area (Å²) in [5.74, 6) is 2.10. The summed E-state index contributed by atoms with van der Waals surface area (Å²) in [5, 5.41) is 0. The van der Waals surface area contributed by atoms with E-state index in [1.807, 2.05) is 29.2 Å². The van der Waals surface area contributed by atoms with Crippen LogP contribution in [-0.4, -0.2) is 37.6 Å². The van der Waals surface area contributed by atoms with Gasteiger partial charge in [-0.15, -0.1) is 0 Å². The molecule has 1 heterocycles. The van der Waals surface area contributed by atoms with Gasteiger partial charge in [-0.2, -0.15) is 0 Å². The third-order valence-corrected chi connectivity index (χ3v) is 4.74. The molecule has 0 N–H and O–H groups in total. The van der Waals surface area contributed by atoms with E-state index in [9.17, 15) is 4.79 Å². The Hall–Kier alpha value is -2.49. The lowest BCUT2D eigenvalue weighted by atomic mass is 9.90. The predicted molar refractivity (Wildman–Crippen MR) is 97.9 cm³/mol.